The lowest BCUT2D eigenvalue weighted by Crippen LogP contribution is -2.36. The van der Waals surface area contributed by atoms with E-state index in [0.29, 0.717) is 41.8 Å². The molecule has 1 aliphatic heterocycles. The molecule has 0 spiro atoms. The predicted molar refractivity (Wildman–Crippen MR) is 131 cm³/mol. The lowest BCUT2D eigenvalue weighted by atomic mass is 9.83. The Labute approximate surface area is 208 Å². The van der Waals surface area contributed by atoms with E-state index in [0.717, 1.165) is 11.8 Å². The quantitative estimate of drug-likeness (QED) is 0.248. The van der Waals surface area contributed by atoms with Crippen LogP contribution in [-0.4, -0.2) is 67.1 Å². The highest BCUT2D eigenvalue weighted by molar-refractivity contribution is 6.70. The fraction of sp³-hybridized carbons (Fsp3) is 0.292. The minimum atomic E-state index is -0.688. The number of aromatic nitrogens is 3. The molecule has 36 heavy (non-hydrogen) atoms. The molecule has 3 aromatic rings. The molecular weight excluding hydrogens is 466 g/mol. The van der Waals surface area contributed by atoms with Crippen molar-refractivity contribution in [2.75, 3.05) is 43.6 Å². The van der Waals surface area contributed by atoms with Crippen LogP contribution in [0.3, 0.4) is 0 Å². The van der Waals surface area contributed by atoms with Crippen LogP contribution in [0.2, 0.25) is 0 Å². The van der Waals surface area contributed by atoms with Crippen LogP contribution < -0.4 is 14.9 Å². The number of hydrogen-bond acceptors (Lipinski definition) is 10. The summed E-state index contributed by atoms with van der Waals surface area (Å²) in [6.45, 7) is 2.60. The van der Waals surface area contributed by atoms with Crippen molar-refractivity contribution >= 4 is 30.9 Å². The van der Waals surface area contributed by atoms with E-state index in [2.05, 4.69) is 26.3 Å². The molecule has 0 unspecified atom stereocenters. The maximum absolute atomic E-state index is 13.9. The molecular formula is C24H23BFN6O4. The van der Waals surface area contributed by atoms with E-state index in [4.69, 9.17) is 9.47 Å². The second kappa shape index (κ2) is 10.7. The fourth-order valence-corrected chi connectivity index (χ4v) is 4.07. The first-order valence-electron chi connectivity index (χ1n) is 11.0. The molecule has 1 aromatic carbocycles. The lowest BCUT2D eigenvalue weighted by molar-refractivity contribution is 0.144. The average molecular weight is 489 g/mol. The molecule has 0 bridgehead atoms. The first-order valence-corrected chi connectivity index (χ1v) is 11.0. The van der Waals surface area contributed by atoms with Crippen molar-refractivity contribution in [3.63, 3.8) is 0 Å². The van der Waals surface area contributed by atoms with E-state index in [1.54, 1.807) is 16.9 Å². The number of aliphatic hydroxyl groups is 1. The number of fused-ring (bicyclic) bond motifs is 1. The van der Waals surface area contributed by atoms with Gasteiger partial charge in [0.2, 0.25) is 11.8 Å². The Balaban J connectivity index is 1.71. The number of aliphatic hydroxyl groups excluding tert-OH is 1. The van der Waals surface area contributed by atoms with Crippen molar-refractivity contribution in [3.05, 3.63) is 53.6 Å². The number of carbonyl (C=O) groups excluding carboxylic acids is 1. The van der Waals surface area contributed by atoms with Crippen LogP contribution in [0.4, 0.5) is 21.7 Å². The second-order valence-electron chi connectivity index (χ2n) is 8.40. The van der Waals surface area contributed by atoms with Gasteiger partial charge in [-0.2, -0.15) is 5.26 Å². The smallest absolute Gasteiger partial charge is 0.329 e. The van der Waals surface area contributed by atoms with Crippen molar-refractivity contribution in [1.82, 2.24) is 15.0 Å². The monoisotopic (exact) mass is 489 g/mol. The third-order valence-corrected chi connectivity index (χ3v) is 5.82. The predicted octanol–water partition coefficient (Wildman–Crippen LogP) is 2.20. The first kappa shape index (κ1) is 25.0. The molecule has 0 saturated heterocycles. The van der Waals surface area contributed by atoms with Crippen molar-refractivity contribution in [2.24, 2.45) is 0 Å². The minimum Gasteiger partial charge on any atom is -0.474 e. The number of ether oxygens (including phenoxy) is 2. The van der Waals surface area contributed by atoms with Crippen LogP contribution in [0.1, 0.15) is 18.1 Å². The number of carbonyl (C=O) groups is 1. The first-order chi connectivity index (χ1) is 17.4. The summed E-state index contributed by atoms with van der Waals surface area (Å²) in [5.74, 6) is -0.238. The maximum atomic E-state index is 13.9. The van der Waals surface area contributed by atoms with Gasteiger partial charge in [0, 0.05) is 42.6 Å². The molecule has 4 rings (SSSR count). The van der Waals surface area contributed by atoms with E-state index in [9.17, 15) is 19.6 Å². The Hall–Kier alpha value is -4.08. The third-order valence-electron chi connectivity index (χ3n) is 5.82. The highest BCUT2D eigenvalue weighted by atomic mass is 19.1. The zero-order valence-electron chi connectivity index (χ0n) is 19.7. The molecule has 2 N–H and O–H groups in total. The number of nitrogens with one attached hydrogen (secondary N) is 1. The molecule has 12 heteroatoms. The van der Waals surface area contributed by atoms with Crippen LogP contribution >= 0.6 is 0 Å². The van der Waals surface area contributed by atoms with Crippen LogP contribution in [0.15, 0.2) is 36.7 Å². The highest BCUT2D eigenvalue weighted by Crippen LogP contribution is 2.44. The molecule has 2 aromatic heterocycles. The number of benzene rings is 1. The van der Waals surface area contributed by atoms with E-state index in [1.807, 2.05) is 13.0 Å². The van der Waals surface area contributed by atoms with Gasteiger partial charge >= 0.3 is 7.41 Å². The van der Waals surface area contributed by atoms with E-state index in [1.165, 1.54) is 26.8 Å². The Morgan fingerprint density at radius 3 is 2.92 bits per heavy atom. The average Bonchev–Trinajstić information content (AvgIpc) is 3.17. The van der Waals surface area contributed by atoms with Gasteiger partial charge in [-0.05, 0) is 23.8 Å². The molecule has 10 nitrogen and oxygen atoms in total. The van der Waals surface area contributed by atoms with Crippen LogP contribution in [0, 0.1) is 17.1 Å². The number of halogens is 1. The van der Waals surface area contributed by atoms with Crippen molar-refractivity contribution < 1.29 is 23.8 Å². The molecule has 1 atom stereocenters. The van der Waals surface area contributed by atoms with E-state index in [-0.39, 0.29) is 30.7 Å². The van der Waals surface area contributed by atoms with Crippen molar-refractivity contribution in [1.29, 1.82) is 5.26 Å². The Morgan fingerprint density at radius 1 is 1.36 bits per heavy atom. The molecule has 1 aliphatic rings. The Kier molecular flexibility index (Phi) is 7.42. The van der Waals surface area contributed by atoms with Gasteiger partial charge in [0.1, 0.15) is 30.4 Å². The summed E-state index contributed by atoms with van der Waals surface area (Å²) < 4.78 is 24.4. The molecule has 3 heterocycles. The van der Waals surface area contributed by atoms with Gasteiger partial charge in [-0.3, -0.25) is 0 Å². The summed E-state index contributed by atoms with van der Waals surface area (Å²) in [5, 5.41) is 22.9. The van der Waals surface area contributed by atoms with Gasteiger partial charge in [0.05, 0.1) is 30.7 Å². The van der Waals surface area contributed by atoms with Gasteiger partial charge in [-0.25, -0.2) is 19.3 Å². The zero-order valence-corrected chi connectivity index (χ0v) is 19.7. The number of hydrogen-bond donors (Lipinski definition) is 2. The minimum absolute atomic E-state index is 0.163. The SMILES string of the molecule is COCCOc1ncc(F)cc1Nc1nccc(-c2cc(C#N)c3c(c2)[C@@](C)(CO)CN3[B]C=O)n1. The number of pyridine rings is 1. The third kappa shape index (κ3) is 4.98. The summed E-state index contributed by atoms with van der Waals surface area (Å²) in [4.78, 5) is 25.6. The van der Waals surface area contributed by atoms with Crippen molar-refractivity contribution in [3.8, 4) is 23.2 Å². The van der Waals surface area contributed by atoms with Crippen LogP contribution in [0.5, 0.6) is 5.88 Å². The molecule has 0 amide bonds. The van der Waals surface area contributed by atoms with E-state index < -0.39 is 11.2 Å². The standard InChI is InChI=1S/C24H23BFN6O4/c1-24(13-33)12-32(25-14-34)21-16(10-27)7-15(8-18(21)24)19-3-4-28-23(30-19)31-20-9-17(26)11-29-22(20)36-6-5-35-2/h3-4,7-9,11,14,33H,5-6,12-13H2,1-2H3,(H,28,30,31)/t24-/m1/s1. The van der Waals surface area contributed by atoms with Crippen molar-refractivity contribution in [2.45, 2.75) is 12.3 Å². The van der Waals surface area contributed by atoms with Gasteiger partial charge in [0.15, 0.2) is 0 Å². The molecule has 1 radical (unpaired) electrons. The normalized spacial score (nSPS) is 16.2. The number of anilines is 3. The number of rotatable bonds is 10. The largest absolute Gasteiger partial charge is 0.474 e. The number of nitrogens with zero attached hydrogens (tertiary/aromatic N) is 5. The van der Waals surface area contributed by atoms with Gasteiger partial charge in [-0.1, -0.05) is 6.92 Å². The second-order valence-corrected chi connectivity index (χ2v) is 8.40. The molecule has 0 fully saturated rings. The summed E-state index contributed by atoms with van der Waals surface area (Å²) in [6, 6.07) is 8.60. The summed E-state index contributed by atoms with van der Waals surface area (Å²) in [7, 11) is 2.89. The van der Waals surface area contributed by atoms with Gasteiger partial charge in [0.25, 0.3) is 0 Å². The zero-order chi connectivity index (χ0) is 25.7. The van der Waals surface area contributed by atoms with Gasteiger partial charge < -0.3 is 29.5 Å². The van der Waals surface area contributed by atoms with Crippen LogP contribution in [-0.2, 0) is 14.9 Å². The van der Waals surface area contributed by atoms with Crippen LogP contribution in [0.25, 0.3) is 11.3 Å². The van der Waals surface area contributed by atoms with Gasteiger partial charge in [-0.15, -0.1) is 0 Å². The molecule has 0 aliphatic carbocycles. The maximum Gasteiger partial charge on any atom is 0.329 e. The number of nitriles is 1. The summed E-state index contributed by atoms with van der Waals surface area (Å²) in [5.41, 5.74) is 2.33. The van der Waals surface area contributed by atoms with E-state index >= 15 is 0 Å². The number of methoxy groups -OCH3 is 1. The molecule has 183 valence electrons. The summed E-state index contributed by atoms with van der Waals surface area (Å²) in [6.07, 6.45) is 3.22. The summed E-state index contributed by atoms with van der Waals surface area (Å²) >= 11 is 0. The fourth-order valence-electron chi connectivity index (χ4n) is 4.07. The molecule has 0 saturated carbocycles. The Bertz CT molecular complexity index is 1320. The lowest BCUT2D eigenvalue weighted by Gasteiger charge is -2.23. The topological polar surface area (TPSA) is 133 Å². The highest BCUT2D eigenvalue weighted by Gasteiger charge is 2.40. The Morgan fingerprint density at radius 2 is 2.19 bits per heavy atom.